The third-order valence-electron chi connectivity index (χ3n) is 4.71. The number of hydrogen-bond acceptors (Lipinski definition) is 5. The van der Waals surface area contributed by atoms with Gasteiger partial charge in [-0.3, -0.25) is 4.79 Å². The van der Waals surface area contributed by atoms with E-state index < -0.39 is 40.3 Å². The molecule has 2 aromatic rings. The van der Waals surface area contributed by atoms with Crippen LogP contribution in [0.5, 0.6) is 5.75 Å². The van der Waals surface area contributed by atoms with Crippen LogP contribution >= 0.6 is 0 Å². The Morgan fingerprint density at radius 3 is 2.31 bits per heavy atom. The van der Waals surface area contributed by atoms with E-state index in [1.807, 2.05) is 6.92 Å². The molecule has 7 nitrogen and oxygen atoms in total. The molecule has 2 N–H and O–H groups in total. The van der Waals surface area contributed by atoms with Crippen molar-refractivity contribution in [1.82, 2.24) is 9.62 Å². The van der Waals surface area contributed by atoms with Gasteiger partial charge in [-0.15, -0.1) is 0 Å². The number of likely N-dealkylation sites (N-methyl/N-ethyl adjacent to an activating group) is 1. The SMILES string of the molecule is Cc1ccc(S(=O)(=O)N(C)CC(=O)NCC(O)COc2ccc(C(F)(F)F)cc2)cc1C. The van der Waals surface area contributed by atoms with Gasteiger partial charge in [-0.05, 0) is 61.4 Å². The van der Waals surface area contributed by atoms with Gasteiger partial charge in [-0.1, -0.05) is 6.07 Å². The molecular formula is C21H25F3N2O5S. The molecular weight excluding hydrogens is 449 g/mol. The normalized spacial score (nSPS) is 13.1. The molecule has 0 radical (unpaired) electrons. The minimum Gasteiger partial charge on any atom is -0.491 e. The van der Waals surface area contributed by atoms with E-state index in [4.69, 9.17) is 4.74 Å². The van der Waals surface area contributed by atoms with Gasteiger partial charge in [-0.2, -0.15) is 17.5 Å². The van der Waals surface area contributed by atoms with Crippen molar-refractivity contribution in [3.63, 3.8) is 0 Å². The third-order valence-corrected chi connectivity index (χ3v) is 6.51. The topological polar surface area (TPSA) is 95.9 Å². The first-order valence-electron chi connectivity index (χ1n) is 9.59. The summed E-state index contributed by atoms with van der Waals surface area (Å²) in [7, 11) is -2.59. The Morgan fingerprint density at radius 2 is 1.75 bits per heavy atom. The smallest absolute Gasteiger partial charge is 0.416 e. The highest BCUT2D eigenvalue weighted by atomic mass is 32.2. The van der Waals surface area contributed by atoms with Crippen LogP contribution in [0.1, 0.15) is 16.7 Å². The van der Waals surface area contributed by atoms with Gasteiger partial charge >= 0.3 is 6.18 Å². The lowest BCUT2D eigenvalue weighted by Crippen LogP contribution is -2.42. The fourth-order valence-corrected chi connectivity index (χ4v) is 3.83. The number of ether oxygens (including phenoxy) is 1. The van der Waals surface area contributed by atoms with Crippen LogP contribution in [-0.2, 0) is 21.0 Å². The van der Waals surface area contributed by atoms with E-state index in [1.54, 1.807) is 13.0 Å². The van der Waals surface area contributed by atoms with E-state index in [2.05, 4.69) is 5.32 Å². The van der Waals surface area contributed by atoms with Crippen LogP contribution in [0.4, 0.5) is 13.2 Å². The van der Waals surface area contributed by atoms with Crippen LogP contribution < -0.4 is 10.1 Å². The molecule has 0 aliphatic rings. The van der Waals surface area contributed by atoms with Crippen molar-refractivity contribution in [1.29, 1.82) is 0 Å². The first-order chi connectivity index (χ1) is 14.8. The first kappa shape index (κ1) is 25.6. The van der Waals surface area contributed by atoms with E-state index in [-0.39, 0.29) is 23.8 Å². The van der Waals surface area contributed by atoms with Crippen molar-refractivity contribution in [2.75, 3.05) is 26.7 Å². The van der Waals surface area contributed by atoms with Gasteiger partial charge in [0.15, 0.2) is 0 Å². The Labute approximate surface area is 184 Å². The minimum absolute atomic E-state index is 0.0703. The molecule has 1 amide bonds. The highest BCUT2D eigenvalue weighted by Crippen LogP contribution is 2.30. The summed E-state index contributed by atoms with van der Waals surface area (Å²) in [4.78, 5) is 12.2. The Bertz CT molecular complexity index is 1040. The van der Waals surface area contributed by atoms with Crippen molar-refractivity contribution >= 4 is 15.9 Å². The highest BCUT2D eigenvalue weighted by Gasteiger charge is 2.30. The van der Waals surface area contributed by atoms with Crippen LogP contribution in [-0.4, -0.2) is 56.6 Å². The Kier molecular flexibility index (Phi) is 8.27. The van der Waals surface area contributed by atoms with Crippen LogP contribution in [0.15, 0.2) is 47.4 Å². The number of aliphatic hydroxyl groups is 1. The Morgan fingerprint density at radius 1 is 1.12 bits per heavy atom. The zero-order chi connectivity index (χ0) is 24.1. The van der Waals surface area contributed by atoms with Crippen LogP contribution in [0.3, 0.4) is 0 Å². The number of benzene rings is 2. The number of amides is 1. The number of nitrogens with one attached hydrogen (secondary N) is 1. The predicted molar refractivity (Wildman–Crippen MR) is 112 cm³/mol. The maximum Gasteiger partial charge on any atom is 0.416 e. The van der Waals surface area contributed by atoms with Gasteiger partial charge < -0.3 is 15.2 Å². The van der Waals surface area contributed by atoms with Crippen LogP contribution in [0.2, 0.25) is 0 Å². The molecule has 0 saturated carbocycles. The minimum atomic E-state index is -4.46. The van der Waals surface area contributed by atoms with E-state index in [1.165, 1.54) is 19.2 Å². The number of aliphatic hydroxyl groups excluding tert-OH is 1. The quantitative estimate of drug-likeness (QED) is 0.582. The van der Waals surface area contributed by atoms with E-state index in [0.717, 1.165) is 39.7 Å². The molecule has 0 aromatic heterocycles. The average Bonchev–Trinajstić information content (AvgIpc) is 2.72. The summed E-state index contributed by atoms with van der Waals surface area (Å²) in [6, 6.07) is 8.64. The third kappa shape index (κ3) is 6.94. The summed E-state index contributed by atoms with van der Waals surface area (Å²) in [6.45, 7) is 2.69. The molecule has 2 rings (SSSR count). The van der Waals surface area contributed by atoms with E-state index >= 15 is 0 Å². The Hall–Kier alpha value is -2.63. The summed E-state index contributed by atoms with van der Waals surface area (Å²) < 4.78 is 69.0. The van der Waals surface area contributed by atoms with Crippen LogP contribution in [0.25, 0.3) is 0 Å². The van der Waals surface area contributed by atoms with Gasteiger partial charge in [0.1, 0.15) is 18.5 Å². The largest absolute Gasteiger partial charge is 0.491 e. The molecule has 0 saturated heterocycles. The molecule has 0 heterocycles. The molecule has 2 aromatic carbocycles. The maximum absolute atomic E-state index is 12.6. The summed E-state index contributed by atoms with van der Waals surface area (Å²) in [6.07, 6.45) is -5.61. The van der Waals surface area contributed by atoms with Gasteiger partial charge in [0, 0.05) is 13.6 Å². The molecule has 0 fully saturated rings. The molecule has 11 heteroatoms. The molecule has 1 unspecified atom stereocenters. The number of rotatable bonds is 9. The number of sulfonamides is 1. The lowest BCUT2D eigenvalue weighted by Gasteiger charge is -2.18. The van der Waals surface area contributed by atoms with Gasteiger partial charge in [0.25, 0.3) is 0 Å². The number of alkyl halides is 3. The van der Waals surface area contributed by atoms with Crippen LogP contribution in [0, 0.1) is 13.8 Å². The molecule has 32 heavy (non-hydrogen) atoms. The summed E-state index contributed by atoms with van der Waals surface area (Å²) in [5.74, 6) is -0.504. The average molecular weight is 475 g/mol. The standard InChI is InChI=1S/C21H25F3N2O5S/c1-14-4-9-19(10-15(14)2)32(29,30)26(3)12-20(28)25-11-17(27)13-31-18-7-5-16(6-8-18)21(22,23)24/h4-10,17,27H,11-13H2,1-3H3,(H,25,28). The molecule has 0 aliphatic carbocycles. The second-order valence-corrected chi connectivity index (χ2v) is 9.34. The number of carbonyl (C=O) groups excluding carboxylic acids is 1. The summed E-state index contributed by atoms with van der Waals surface area (Å²) in [5, 5.41) is 12.3. The van der Waals surface area contributed by atoms with E-state index in [9.17, 15) is 31.5 Å². The number of hydrogen-bond donors (Lipinski definition) is 2. The maximum atomic E-state index is 12.6. The second-order valence-electron chi connectivity index (χ2n) is 7.30. The first-order valence-corrected chi connectivity index (χ1v) is 11.0. The lowest BCUT2D eigenvalue weighted by atomic mass is 10.1. The highest BCUT2D eigenvalue weighted by molar-refractivity contribution is 7.89. The predicted octanol–water partition coefficient (Wildman–Crippen LogP) is 2.50. The van der Waals surface area contributed by atoms with E-state index in [0.29, 0.717) is 0 Å². The molecule has 0 aliphatic heterocycles. The number of carbonyl (C=O) groups is 1. The van der Waals surface area contributed by atoms with Crippen molar-refractivity contribution in [2.45, 2.75) is 31.0 Å². The monoisotopic (exact) mass is 474 g/mol. The number of aryl methyl sites for hydroxylation is 2. The van der Waals surface area contributed by atoms with Gasteiger partial charge in [0.05, 0.1) is 17.0 Å². The fraction of sp³-hybridized carbons (Fsp3) is 0.381. The molecule has 0 bridgehead atoms. The second kappa shape index (κ2) is 10.3. The number of halogens is 3. The zero-order valence-corrected chi connectivity index (χ0v) is 18.6. The fourth-order valence-electron chi connectivity index (χ4n) is 2.62. The Balaban J connectivity index is 1.82. The zero-order valence-electron chi connectivity index (χ0n) is 17.8. The molecule has 1 atom stereocenters. The van der Waals surface area contributed by atoms with Gasteiger partial charge in [-0.25, -0.2) is 8.42 Å². The molecule has 176 valence electrons. The molecule has 0 spiro atoms. The van der Waals surface area contributed by atoms with Crippen molar-refractivity contribution in [3.05, 3.63) is 59.2 Å². The van der Waals surface area contributed by atoms with Crippen molar-refractivity contribution in [2.24, 2.45) is 0 Å². The summed E-state index contributed by atoms with van der Waals surface area (Å²) >= 11 is 0. The summed E-state index contributed by atoms with van der Waals surface area (Å²) in [5.41, 5.74) is 0.925. The lowest BCUT2D eigenvalue weighted by molar-refractivity contribution is -0.137. The van der Waals surface area contributed by atoms with Crippen molar-refractivity contribution in [3.8, 4) is 5.75 Å². The van der Waals surface area contributed by atoms with Gasteiger partial charge in [0.2, 0.25) is 15.9 Å². The van der Waals surface area contributed by atoms with Crippen molar-refractivity contribution < 1.29 is 36.2 Å². The number of nitrogens with zero attached hydrogens (tertiary/aromatic N) is 1.